The average molecular weight is 190 g/mol. The smallest absolute Gasteiger partial charge is 0.240 e. The number of likely N-dealkylation sites (tertiary alicyclic amines) is 1. The van der Waals surface area contributed by atoms with Crippen LogP contribution in [0.25, 0.3) is 0 Å². The fourth-order valence-electron chi connectivity index (χ4n) is 1.46. The highest BCUT2D eigenvalue weighted by Gasteiger charge is 2.29. The van der Waals surface area contributed by atoms with E-state index in [0.29, 0.717) is 0 Å². The zero-order valence-electron chi connectivity index (χ0n) is 6.72. The van der Waals surface area contributed by atoms with Gasteiger partial charge in [-0.3, -0.25) is 10.2 Å². The van der Waals surface area contributed by atoms with Gasteiger partial charge in [-0.25, -0.2) is 0 Å². The Bertz CT molecular complexity index is 207. The van der Waals surface area contributed by atoms with Crippen molar-refractivity contribution in [3.8, 4) is 0 Å². The minimum Gasteiger partial charge on any atom is -0.368 e. The maximum Gasteiger partial charge on any atom is 0.240 e. The number of nitrogens with one attached hydrogen (secondary N) is 1. The van der Waals surface area contributed by atoms with Crippen LogP contribution in [0.4, 0.5) is 0 Å². The minimum absolute atomic E-state index is 0.143. The van der Waals surface area contributed by atoms with Crippen LogP contribution in [0.1, 0.15) is 12.8 Å². The third kappa shape index (κ3) is 1.69. The highest BCUT2D eigenvalue weighted by atomic mass is 35.5. The predicted molar refractivity (Wildman–Crippen MR) is 47.4 cm³/mol. The number of nitrogens with two attached hydrogens (primary N) is 1. The summed E-state index contributed by atoms with van der Waals surface area (Å²) in [7, 11) is 0. The molecule has 68 valence electrons. The van der Waals surface area contributed by atoms with Crippen molar-refractivity contribution in [1.82, 2.24) is 4.90 Å². The first-order valence-electron chi connectivity index (χ1n) is 3.86. The number of amidine groups is 1. The molecular formula is C7H12ClN3O. The van der Waals surface area contributed by atoms with Crippen LogP contribution in [0.2, 0.25) is 0 Å². The number of carbonyl (C=O) groups is 1. The Morgan fingerprint density at radius 3 is 2.92 bits per heavy atom. The van der Waals surface area contributed by atoms with Crippen LogP contribution < -0.4 is 5.73 Å². The fourth-order valence-corrected chi connectivity index (χ4v) is 1.62. The summed E-state index contributed by atoms with van der Waals surface area (Å²) in [4.78, 5) is 12.5. The van der Waals surface area contributed by atoms with E-state index in [4.69, 9.17) is 22.7 Å². The van der Waals surface area contributed by atoms with Crippen molar-refractivity contribution in [2.45, 2.75) is 18.9 Å². The Kier molecular flexibility index (Phi) is 2.92. The molecule has 1 rings (SSSR count). The Labute approximate surface area is 76.2 Å². The number of nitrogens with zero attached hydrogens (tertiary/aromatic N) is 1. The zero-order valence-corrected chi connectivity index (χ0v) is 7.47. The van der Waals surface area contributed by atoms with E-state index in [1.54, 1.807) is 4.90 Å². The van der Waals surface area contributed by atoms with Crippen molar-refractivity contribution in [2.75, 3.05) is 12.4 Å². The van der Waals surface area contributed by atoms with Gasteiger partial charge in [0.15, 0.2) is 0 Å². The summed E-state index contributed by atoms with van der Waals surface area (Å²) in [6.45, 7) is 0.721. The first-order chi connectivity index (χ1) is 5.66. The maximum atomic E-state index is 10.9. The SMILES string of the molecule is N=C(CCl)N1CCC[C@H]1C(N)=O. The second-order valence-electron chi connectivity index (χ2n) is 2.83. The lowest BCUT2D eigenvalue weighted by molar-refractivity contribution is -0.121. The maximum absolute atomic E-state index is 10.9. The first kappa shape index (κ1) is 9.32. The van der Waals surface area contributed by atoms with Crippen molar-refractivity contribution in [2.24, 2.45) is 5.73 Å². The molecule has 4 nitrogen and oxygen atoms in total. The van der Waals surface area contributed by atoms with E-state index in [1.807, 2.05) is 0 Å². The molecule has 0 aromatic heterocycles. The molecule has 0 saturated carbocycles. The molecule has 0 aliphatic carbocycles. The molecular weight excluding hydrogens is 178 g/mol. The molecule has 1 saturated heterocycles. The van der Waals surface area contributed by atoms with Gasteiger partial charge in [0.1, 0.15) is 11.9 Å². The van der Waals surface area contributed by atoms with E-state index in [-0.39, 0.29) is 23.7 Å². The van der Waals surface area contributed by atoms with Crippen molar-refractivity contribution in [1.29, 1.82) is 5.41 Å². The fraction of sp³-hybridized carbons (Fsp3) is 0.714. The number of hydrogen-bond acceptors (Lipinski definition) is 2. The van der Waals surface area contributed by atoms with E-state index >= 15 is 0 Å². The molecule has 5 heteroatoms. The van der Waals surface area contributed by atoms with Gasteiger partial charge in [-0.05, 0) is 12.8 Å². The zero-order chi connectivity index (χ0) is 9.14. The van der Waals surface area contributed by atoms with Crippen molar-refractivity contribution >= 4 is 23.3 Å². The highest BCUT2D eigenvalue weighted by molar-refractivity contribution is 6.27. The van der Waals surface area contributed by atoms with Gasteiger partial charge in [0.2, 0.25) is 5.91 Å². The standard InChI is InChI=1S/C7H12ClN3O/c8-4-6(9)11-3-1-2-5(11)7(10)12/h5,9H,1-4H2,(H2,10,12)/t5-/m0/s1. The summed E-state index contributed by atoms with van der Waals surface area (Å²) in [6.07, 6.45) is 1.65. The number of primary amides is 1. The van der Waals surface area contributed by atoms with Gasteiger partial charge >= 0.3 is 0 Å². The topological polar surface area (TPSA) is 70.2 Å². The summed E-state index contributed by atoms with van der Waals surface area (Å²) in [5, 5.41) is 7.44. The molecule has 1 heterocycles. The van der Waals surface area contributed by atoms with Gasteiger partial charge in [0.05, 0.1) is 5.88 Å². The van der Waals surface area contributed by atoms with Crippen LogP contribution in [-0.4, -0.2) is 35.1 Å². The van der Waals surface area contributed by atoms with Gasteiger partial charge in [-0.2, -0.15) is 0 Å². The van der Waals surface area contributed by atoms with E-state index in [9.17, 15) is 4.79 Å². The molecule has 0 aromatic rings. The van der Waals surface area contributed by atoms with Crippen LogP contribution in [-0.2, 0) is 4.79 Å². The molecule has 1 amide bonds. The lowest BCUT2D eigenvalue weighted by Gasteiger charge is -2.23. The molecule has 0 spiro atoms. The number of carbonyl (C=O) groups excluding carboxylic acids is 1. The number of rotatable bonds is 2. The largest absolute Gasteiger partial charge is 0.368 e. The molecule has 1 atom stereocenters. The first-order valence-corrected chi connectivity index (χ1v) is 4.39. The summed E-state index contributed by atoms with van der Waals surface area (Å²) >= 11 is 5.48. The van der Waals surface area contributed by atoms with Gasteiger partial charge in [-0.15, -0.1) is 11.6 Å². The molecule has 0 unspecified atom stereocenters. The van der Waals surface area contributed by atoms with E-state index in [0.717, 1.165) is 19.4 Å². The predicted octanol–water partition coefficient (Wildman–Crippen LogP) is 0.152. The van der Waals surface area contributed by atoms with Crippen LogP contribution in [0.3, 0.4) is 0 Å². The Morgan fingerprint density at radius 1 is 1.75 bits per heavy atom. The Hall–Kier alpha value is -0.770. The second-order valence-corrected chi connectivity index (χ2v) is 3.10. The van der Waals surface area contributed by atoms with Crippen LogP contribution in [0.5, 0.6) is 0 Å². The molecule has 0 aromatic carbocycles. The monoisotopic (exact) mass is 189 g/mol. The molecule has 1 fully saturated rings. The van der Waals surface area contributed by atoms with E-state index in [1.165, 1.54) is 0 Å². The number of hydrogen-bond donors (Lipinski definition) is 2. The highest BCUT2D eigenvalue weighted by Crippen LogP contribution is 2.17. The van der Waals surface area contributed by atoms with Crippen LogP contribution in [0, 0.1) is 5.41 Å². The molecule has 3 N–H and O–H groups in total. The molecule has 0 radical (unpaired) electrons. The number of amides is 1. The van der Waals surface area contributed by atoms with Crippen LogP contribution in [0.15, 0.2) is 0 Å². The summed E-state index contributed by atoms with van der Waals surface area (Å²) < 4.78 is 0. The van der Waals surface area contributed by atoms with Crippen molar-refractivity contribution in [3.05, 3.63) is 0 Å². The third-order valence-electron chi connectivity index (χ3n) is 2.05. The van der Waals surface area contributed by atoms with Gasteiger partial charge in [0, 0.05) is 6.54 Å². The third-order valence-corrected chi connectivity index (χ3v) is 2.31. The summed E-state index contributed by atoms with van der Waals surface area (Å²) in [5.41, 5.74) is 5.16. The molecule has 12 heavy (non-hydrogen) atoms. The Balaban J connectivity index is 2.63. The van der Waals surface area contributed by atoms with E-state index in [2.05, 4.69) is 0 Å². The van der Waals surface area contributed by atoms with Crippen molar-refractivity contribution < 1.29 is 4.79 Å². The van der Waals surface area contributed by atoms with Gasteiger partial charge in [0.25, 0.3) is 0 Å². The number of halogens is 1. The Morgan fingerprint density at radius 2 is 2.42 bits per heavy atom. The van der Waals surface area contributed by atoms with E-state index < -0.39 is 0 Å². The lowest BCUT2D eigenvalue weighted by Crippen LogP contribution is -2.43. The normalized spacial score (nSPS) is 22.8. The van der Waals surface area contributed by atoms with Crippen molar-refractivity contribution in [3.63, 3.8) is 0 Å². The van der Waals surface area contributed by atoms with Crippen LogP contribution >= 0.6 is 11.6 Å². The summed E-state index contributed by atoms with van der Waals surface area (Å²) in [5.74, 6) is 0.0735. The van der Waals surface area contributed by atoms with Gasteiger partial charge < -0.3 is 10.6 Å². The molecule has 1 aliphatic heterocycles. The average Bonchev–Trinajstić information content (AvgIpc) is 2.50. The second kappa shape index (κ2) is 3.76. The quantitative estimate of drug-likeness (QED) is 0.369. The molecule has 0 bridgehead atoms. The lowest BCUT2D eigenvalue weighted by atomic mass is 10.2. The van der Waals surface area contributed by atoms with Gasteiger partial charge in [-0.1, -0.05) is 0 Å². The molecule has 1 aliphatic rings. The number of alkyl halides is 1. The minimum atomic E-state index is -0.359. The summed E-state index contributed by atoms with van der Waals surface area (Å²) in [6, 6.07) is -0.309.